The molecule has 2 aromatic rings. The van der Waals surface area contributed by atoms with Gasteiger partial charge in [0.15, 0.2) is 0 Å². The van der Waals surface area contributed by atoms with Gasteiger partial charge in [-0.15, -0.1) is 0 Å². The molecule has 4 N–H and O–H groups in total. The molecule has 0 atom stereocenters. The Morgan fingerprint density at radius 3 is 2.60 bits per heavy atom. The minimum absolute atomic E-state index is 0.305. The van der Waals surface area contributed by atoms with Crippen LogP contribution in [0.2, 0.25) is 0 Å². The van der Waals surface area contributed by atoms with Gasteiger partial charge in [-0.05, 0) is 31.3 Å². The first kappa shape index (κ1) is 17.2. The van der Waals surface area contributed by atoms with E-state index in [1.165, 1.54) is 6.07 Å². The lowest BCUT2D eigenvalue weighted by Crippen LogP contribution is -2.44. The third kappa shape index (κ3) is 4.08. The summed E-state index contributed by atoms with van der Waals surface area (Å²) in [5.41, 5.74) is 13.6. The number of anilines is 2. The van der Waals surface area contributed by atoms with Crippen molar-refractivity contribution >= 4 is 11.5 Å². The quantitative estimate of drug-likeness (QED) is 0.643. The molecule has 6 heteroatoms. The third-order valence-corrected chi connectivity index (χ3v) is 4.38. The molecule has 1 aromatic heterocycles. The first-order chi connectivity index (χ1) is 12.0. The van der Waals surface area contributed by atoms with Crippen LogP contribution < -0.4 is 11.5 Å². The maximum atomic E-state index is 14.3. The lowest BCUT2D eigenvalue weighted by atomic mass is 10.00. The van der Waals surface area contributed by atoms with E-state index in [2.05, 4.69) is 33.7 Å². The van der Waals surface area contributed by atoms with E-state index in [-0.39, 0.29) is 0 Å². The number of benzene rings is 1. The molecule has 1 fully saturated rings. The second-order valence-electron chi connectivity index (χ2n) is 6.24. The number of hydrogen-bond donors (Lipinski definition) is 2. The van der Waals surface area contributed by atoms with Gasteiger partial charge in [0.25, 0.3) is 0 Å². The Kier molecular flexibility index (Phi) is 5.17. The van der Waals surface area contributed by atoms with Gasteiger partial charge in [-0.2, -0.15) is 0 Å². The SMILES string of the molecule is CN1CCN(CC#Cc2c(-c3ccc(N)cc3F)ccnc2N)CC1. The second kappa shape index (κ2) is 7.51. The van der Waals surface area contributed by atoms with Gasteiger partial charge >= 0.3 is 0 Å². The van der Waals surface area contributed by atoms with E-state index in [0.29, 0.717) is 34.7 Å². The van der Waals surface area contributed by atoms with Gasteiger partial charge < -0.3 is 16.4 Å². The number of piperazine rings is 1. The van der Waals surface area contributed by atoms with Crippen LogP contribution in [0.15, 0.2) is 30.5 Å². The number of nitrogens with zero attached hydrogens (tertiary/aromatic N) is 3. The Bertz CT molecular complexity index is 816. The van der Waals surface area contributed by atoms with Gasteiger partial charge in [0.2, 0.25) is 0 Å². The van der Waals surface area contributed by atoms with Crippen LogP contribution in [0, 0.1) is 17.7 Å². The highest BCUT2D eigenvalue weighted by Gasteiger charge is 2.13. The molecule has 0 amide bonds. The maximum Gasteiger partial charge on any atom is 0.139 e. The van der Waals surface area contributed by atoms with Crippen LogP contribution in [0.3, 0.4) is 0 Å². The zero-order valence-corrected chi connectivity index (χ0v) is 14.3. The van der Waals surface area contributed by atoms with Crippen molar-refractivity contribution in [2.75, 3.05) is 51.2 Å². The molecule has 0 bridgehead atoms. The fraction of sp³-hybridized carbons (Fsp3) is 0.316. The first-order valence-corrected chi connectivity index (χ1v) is 8.24. The van der Waals surface area contributed by atoms with E-state index in [1.807, 2.05) is 0 Å². The Morgan fingerprint density at radius 2 is 1.88 bits per heavy atom. The average Bonchev–Trinajstić information content (AvgIpc) is 2.58. The molecule has 5 nitrogen and oxygen atoms in total. The van der Waals surface area contributed by atoms with Crippen LogP contribution in [-0.2, 0) is 0 Å². The highest BCUT2D eigenvalue weighted by molar-refractivity contribution is 5.77. The molecule has 1 aliphatic rings. The fourth-order valence-corrected chi connectivity index (χ4v) is 2.83. The van der Waals surface area contributed by atoms with Crippen molar-refractivity contribution in [3.63, 3.8) is 0 Å². The number of likely N-dealkylation sites (N-methyl/N-ethyl adjacent to an activating group) is 1. The van der Waals surface area contributed by atoms with E-state index >= 15 is 0 Å². The second-order valence-corrected chi connectivity index (χ2v) is 6.24. The largest absolute Gasteiger partial charge is 0.399 e. The van der Waals surface area contributed by atoms with Crippen molar-refractivity contribution in [3.8, 4) is 23.0 Å². The van der Waals surface area contributed by atoms with Crippen LogP contribution >= 0.6 is 0 Å². The van der Waals surface area contributed by atoms with Crippen molar-refractivity contribution in [2.24, 2.45) is 0 Å². The standard InChI is InChI=1S/C19H22FN5/c1-24-9-11-25(12-10-24)8-2-3-17-15(6-7-23-19(17)22)16-5-4-14(21)13-18(16)20/h4-7,13H,8-12,21H2,1H3,(H2,22,23). The van der Waals surface area contributed by atoms with Gasteiger partial charge in [-0.25, -0.2) is 9.37 Å². The number of rotatable bonds is 2. The monoisotopic (exact) mass is 339 g/mol. The minimum atomic E-state index is -0.396. The average molecular weight is 339 g/mol. The zero-order valence-electron chi connectivity index (χ0n) is 14.3. The molecule has 3 rings (SSSR count). The Morgan fingerprint density at radius 1 is 1.12 bits per heavy atom. The number of hydrogen-bond acceptors (Lipinski definition) is 5. The number of nitrogens with two attached hydrogens (primary N) is 2. The Hall–Kier alpha value is -2.62. The van der Waals surface area contributed by atoms with Crippen molar-refractivity contribution in [2.45, 2.75) is 0 Å². The molecule has 0 aliphatic carbocycles. The van der Waals surface area contributed by atoms with Crippen molar-refractivity contribution < 1.29 is 4.39 Å². The normalized spacial score (nSPS) is 15.6. The first-order valence-electron chi connectivity index (χ1n) is 8.24. The van der Waals surface area contributed by atoms with Gasteiger partial charge in [-0.3, -0.25) is 4.90 Å². The summed E-state index contributed by atoms with van der Waals surface area (Å²) in [6.45, 7) is 4.73. The van der Waals surface area contributed by atoms with Gasteiger partial charge in [0.05, 0.1) is 12.1 Å². The Labute approximate surface area is 147 Å². The topological polar surface area (TPSA) is 71.4 Å². The molecule has 25 heavy (non-hydrogen) atoms. The molecule has 130 valence electrons. The summed E-state index contributed by atoms with van der Waals surface area (Å²) in [5, 5.41) is 0. The van der Waals surface area contributed by atoms with Crippen LogP contribution in [-0.4, -0.2) is 54.6 Å². The number of aromatic nitrogens is 1. The number of halogens is 1. The van der Waals surface area contributed by atoms with E-state index in [4.69, 9.17) is 11.5 Å². The van der Waals surface area contributed by atoms with E-state index in [0.717, 1.165) is 26.2 Å². The van der Waals surface area contributed by atoms with E-state index in [1.54, 1.807) is 24.4 Å². The van der Waals surface area contributed by atoms with Crippen molar-refractivity contribution in [3.05, 3.63) is 41.8 Å². The summed E-state index contributed by atoms with van der Waals surface area (Å²) in [6, 6.07) is 6.33. The molecule has 0 radical (unpaired) electrons. The summed E-state index contributed by atoms with van der Waals surface area (Å²) in [7, 11) is 2.12. The molecule has 1 aliphatic heterocycles. The van der Waals surface area contributed by atoms with Gasteiger partial charge in [0, 0.05) is 49.2 Å². The molecule has 1 saturated heterocycles. The lowest BCUT2D eigenvalue weighted by Gasteiger charge is -2.30. The Balaban J connectivity index is 1.86. The van der Waals surface area contributed by atoms with Crippen LogP contribution in [0.1, 0.15) is 5.56 Å². The molecular formula is C19H22FN5. The van der Waals surface area contributed by atoms with E-state index < -0.39 is 5.82 Å². The molecule has 0 unspecified atom stereocenters. The predicted molar refractivity (Wildman–Crippen MR) is 99.3 cm³/mol. The van der Waals surface area contributed by atoms with Crippen LogP contribution in [0.5, 0.6) is 0 Å². The zero-order chi connectivity index (χ0) is 17.8. The van der Waals surface area contributed by atoms with Gasteiger partial charge in [0.1, 0.15) is 11.6 Å². The fourth-order valence-electron chi connectivity index (χ4n) is 2.83. The highest BCUT2D eigenvalue weighted by Crippen LogP contribution is 2.29. The van der Waals surface area contributed by atoms with Gasteiger partial charge in [-0.1, -0.05) is 11.8 Å². The lowest BCUT2D eigenvalue weighted by molar-refractivity contribution is 0.168. The third-order valence-electron chi connectivity index (χ3n) is 4.38. The maximum absolute atomic E-state index is 14.3. The summed E-state index contributed by atoms with van der Waals surface area (Å²) in [4.78, 5) is 8.69. The predicted octanol–water partition coefficient (Wildman–Crippen LogP) is 1.65. The summed E-state index contributed by atoms with van der Waals surface area (Å²) < 4.78 is 14.3. The number of nitrogen functional groups attached to an aromatic ring is 2. The number of pyridine rings is 1. The van der Waals surface area contributed by atoms with Crippen LogP contribution in [0.25, 0.3) is 11.1 Å². The highest BCUT2D eigenvalue weighted by atomic mass is 19.1. The van der Waals surface area contributed by atoms with Crippen LogP contribution in [0.4, 0.5) is 15.9 Å². The molecular weight excluding hydrogens is 317 g/mol. The summed E-state index contributed by atoms with van der Waals surface area (Å²) >= 11 is 0. The summed E-state index contributed by atoms with van der Waals surface area (Å²) in [6.07, 6.45) is 1.56. The van der Waals surface area contributed by atoms with E-state index in [9.17, 15) is 4.39 Å². The minimum Gasteiger partial charge on any atom is -0.399 e. The summed E-state index contributed by atoms with van der Waals surface area (Å²) in [5.74, 6) is 6.16. The molecule has 0 saturated carbocycles. The smallest absolute Gasteiger partial charge is 0.139 e. The van der Waals surface area contributed by atoms with Crippen molar-refractivity contribution in [1.29, 1.82) is 0 Å². The molecule has 2 heterocycles. The van der Waals surface area contributed by atoms with Crippen molar-refractivity contribution in [1.82, 2.24) is 14.8 Å². The molecule has 0 spiro atoms. The molecule has 1 aromatic carbocycles.